The molecule has 0 saturated heterocycles. The normalized spacial score (nSPS) is 12.4. The van der Waals surface area contributed by atoms with Crippen molar-refractivity contribution in [3.63, 3.8) is 0 Å². The third kappa shape index (κ3) is 3.16. The van der Waals surface area contributed by atoms with Gasteiger partial charge in [-0.3, -0.25) is 4.98 Å². The van der Waals surface area contributed by atoms with E-state index in [-0.39, 0.29) is 5.56 Å². The number of hydrogen-bond donors (Lipinski definition) is 1. The minimum atomic E-state index is -0.598. The molecular formula is C14H13BrF2N2. The Balaban J connectivity index is 2.48. The minimum absolute atomic E-state index is 0.000766. The van der Waals surface area contributed by atoms with Gasteiger partial charge in [0.05, 0.1) is 11.7 Å². The molecule has 1 aromatic heterocycles. The van der Waals surface area contributed by atoms with E-state index in [1.807, 2.05) is 6.92 Å². The highest BCUT2D eigenvalue weighted by Gasteiger charge is 2.21. The summed E-state index contributed by atoms with van der Waals surface area (Å²) in [6, 6.07) is 6.80. The Morgan fingerprint density at radius 3 is 2.42 bits per heavy atom. The molecule has 1 unspecified atom stereocenters. The molecule has 0 saturated carbocycles. The lowest BCUT2D eigenvalue weighted by Gasteiger charge is -2.19. The predicted molar refractivity (Wildman–Crippen MR) is 73.8 cm³/mol. The molecule has 100 valence electrons. The molecule has 1 heterocycles. The van der Waals surface area contributed by atoms with Crippen LogP contribution in [0.15, 0.2) is 41.0 Å². The van der Waals surface area contributed by atoms with Gasteiger partial charge in [0.25, 0.3) is 0 Å². The van der Waals surface area contributed by atoms with Gasteiger partial charge in [-0.1, -0.05) is 13.0 Å². The van der Waals surface area contributed by atoms with Gasteiger partial charge in [0.15, 0.2) is 0 Å². The summed E-state index contributed by atoms with van der Waals surface area (Å²) in [6.07, 6.45) is 1.61. The van der Waals surface area contributed by atoms with Crippen molar-refractivity contribution in [1.82, 2.24) is 10.3 Å². The second-order valence-corrected chi connectivity index (χ2v) is 4.94. The van der Waals surface area contributed by atoms with Crippen LogP contribution in [-0.4, -0.2) is 11.5 Å². The number of benzene rings is 1. The Labute approximate surface area is 119 Å². The summed E-state index contributed by atoms with van der Waals surface area (Å²) in [7, 11) is 0. The lowest BCUT2D eigenvalue weighted by molar-refractivity contribution is 0.505. The first-order chi connectivity index (χ1) is 9.13. The van der Waals surface area contributed by atoms with E-state index in [1.165, 1.54) is 18.2 Å². The molecule has 0 amide bonds. The number of aromatic nitrogens is 1. The summed E-state index contributed by atoms with van der Waals surface area (Å²) < 4.78 is 28.6. The Bertz CT molecular complexity index is 538. The summed E-state index contributed by atoms with van der Waals surface area (Å²) in [5, 5.41) is 3.06. The fourth-order valence-corrected chi connectivity index (χ4v) is 2.14. The van der Waals surface area contributed by atoms with Crippen molar-refractivity contribution in [2.24, 2.45) is 0 Å². The largest absolute Gasteiger partial charge is 0.305 e. The summed E-state index contributed by atoms with van der Waals surface area (Å²) >= 11 is 3.29. The van der Waals surface area contributed by atoms with E-state index in [4.69, 9.17) is 0 Å². The van der Waals surface area contributed by atoms with Crippen LogP contribution in [0.3, 0.4) is 0 Å². The number of halogens is 3. The van der Waals surface area contributed by atoms with Gasteiger partial charge in [-0.2, -0.15) is 0 Å². The summed E-state index contributed by atoms with van der Waals surface area (Å²) in [6.45, 7) is 2.46. The first kappa shape index (κ1) is 14.1. The molecule has 0 bridgehead atoms. The van der Waals surface area contributed by atoms with Crippen LogP contribution in [-0.2, 0) is 0 Å². The van der Waals surface area contributed by atoms with E-state index in [0.717, 1.165) is 4.47 Å². The Hall–Kier alpha value is -1.33. The SMILES string of the molecule is CCNC(c1ccc(Br)cn1)c1c(F)cccc1F. The topological polar surface area (TPSA) is 24.9 Å². The van der Waals surface area contributed by atoms with Gasteiger partial charge in [0.1, 0.15) is 11.6 Å². The number of pyridine rings is 1. The van der Waals surface area contributed by atoms with Crippen LogP contribution in [0.1, 0.15) is 24.2 Å². The molecule has 19 heavy (non-hydrogen) atoms. The summed E-state index contributed by atoms with van der Waals surface area (Å²) in [4.78, 5) is 4.21. The lowest BCUT2D eigenvalue weighted by atomic mass is 10.0. The van der Waals surface area contributed by atoms with Crippen molar-refractivity contribution < 1.29 is 8.78 Å². The maximum absolute atomic E-state index is 13.9. The smallest absolute Gasteiger partial charge is 0.131 e. The third-order valence-electron chi connectivity index (χ3n) is 2.74. The highest BCUT2D eigenvalue weighted by Crippen LogP contribution is 2.26. The molecule has 1 N–H and O–H groups in total. The second-order valence-electron chi connectivity index (χ2n) is 4.03. The Morgan fingerprint density at radius 2 is 1.89 bits per heavy atom. The molecular weight excluding hydrogens is 314 g/mol. The maximum Gasteiger partial charge on any atom is 0.131 e. The zero-order chi connectivity index (χ0) is 13.8. The molecule has 0 fully saturated rings. The fourth-order valence-electron chi connectivity index (χ4n) is 1.90. The van der Waals surface area contributed by atoms with Crippen LogP contribution in [0.25, 0.3) is 0 Å². The van der Waals surface area contributed by atoms with Gasteiger partial charge in [0, 0.05) is 16.2 Å². The molecule has 0 aliphatic rings. The highest BCUT2D eigenvalue weighted by atomic mass is 79.9. The molecule has 1 atom stereocenters. The first-order valence-electron chi connectivity index (χ1n) is 5.92. The Morgan fingerprint density at radius 1 is 1.21 bits per heavy atom. The number of nitrogens with one attached hydrogen (secondary N) is 1. The van der Waals surface area contributed by atoms with Crippen LogP contribution in [0.2, 0.25) is 0 Å². The predicted octanol–water partition coefficient (Wildman–Crippen LogP) is 3.82. The zero-order valence-corrected chi connectivity index (χ0v) is 11.9. The van der Waals surface area contributed by atoms with Gasteiger partial charge in [-0.25, -0.2) is 8.78 Å². The van der Waals surface area contributed by atoms with Gasteiger partial charge in [-0.15, -0.1) is 0 Å². The van der Waals surface area contributed by atoms with E-state index in [0.29, 0.717) is 12.2 Å². The van der Waals surface area contributed by atoms with Crippen molar-refractivity contribution in [3.05, 3.63) is 63.9 Å². The summed E-state index contributed by atoms with van der Waals surface area (Å²) in [5.74, 6) is -1.15. The van der Waals surface area contributed by atoms with Gasteiger partial charge < -0.3 is 5.32 Å². The van der Waals surface area contributed by atoms with Crippen molar-refractivity contribution in [1.29, 1.82) is 0 Å². The summed E-state index contributed by atoms with van der Waals surface area (Å²) in [5.41, 5.74) is 0.577. The average molecular weight is 327 g/mol. The third-order valence-corrected chi connectivity index (χ3v) is 3.21. The number of rotatable bonds is 4. The first-order valence-corrected chi connectivity index (χ1v) is 6.71. The molecule has 0 aliphatic heterocycles. The molecule has 0 spiro atoms. The molecule has 0 radical (unpaired) electrons. The molecule has 1 aromatic carbocycles. The van der Waals surface area contributed by atoms with Crippen molar-refractivity contribution >= 4 is 15.9 Å². The van der Waals surface area contributed by atoms with Gasteiger partial charge in [-0.05, 0) is 46.7 Å². The van der Waals surface area contributed by atoms with Crippen LogP contribution in [0.5, 0.6) is 0 Å². The van der Waals surface area contributed by atoms with Crippen molar-refractivity contribution in [2.75, 3.05) is 6.54 Å². The van der Waals surface area contributed by atoms with E-state index >= 15 is 0 Å². The fraction of sp³-hybridized carbons (Fsp3) is 0.214. The monoisotopic (exact) mass is 326 g/mol. The molecule has 2 aromatic rings. The van der Waals surface area contributed by atoms with Crippen molar-refractivity contribution in [3.8, 4) is 0 Å². The van der Waals surface area contributed by atoms with Crippen LogP contribution >= 0.6 is 15.9 Å². The average Bonchev–Trinajstić information content (AvgIpc) is 2.38. The highest BCUT2D eigenvalue weighted by molar-refractivity contribution is 9.10. The second kappa shape index (κ2) is 6.21. The zero-order valence-electron chi connectivity index (χ0n) is 10.3. The van der Waals surface area contributed by atoms with Crippen LogP contribution in [0.4, 0.5) is 8.78 Å². The molecule has 2 nitrogen and oxygen atoms in total. The quantitative estimate of drug-likeness (QED) is 0.923. The van der Waals surface area contributed by atoms with Gasteiger partial charge >= 0.3 is 0 Å². The Kier molecular flexibility index (Phi) is 4.61. The maximum atomic E-state index is 13.9. The van der Waals surface area contributed by atoms with E-state index in [9.17, 15) is 8.78 Å². The standard InChI is InChI=1S/C14H13BrF2N2/c1-2-18-14(12-7-6-9(15)8-19-12)13-10(16)4-3-5-11(13)17/h3-8,14,18H,2H2,1H3. The molecule has 2 rings (SSSR count). The van der Waals surface area contributed by atoms with Crippen LogP contribution in [0, 0.1) is 11.6 Å². The van der Waals surface area contributed by atoms with Crippen molar-refractivity contribution in [2.45, 2.75) is 13.0 Å². The van der Waals surface area contributed by atoms with E-state index < -0.39 is 17.7 Å². The molecule has 5 heteroatoms. The molecule has 0 aliphatic carbocycles. The van der Waals surface area contributed by atoms with Crippen LogP contribution < -0.4 is 5.32 Å². The van der Waals surface area contributed by atoms with E-state index in [1.54, 1.807) is 18.3 Å². The minimum Gasteiger partial charge on any atom is -0.305 e. The van der Waals surface area contributed by atoms with E-state index in [2.05, 4.69) is 26.2 Å². The number of hydrogen-bond acceptors (Lipinski definition) is 2. The lowest BCUT2D eigenvalue weighted by Crippen LogP contribution is -2.25. The number of nitrogens with zero attached hydrogens (tertiary/aromatic N) is 1. The van der Waals surface area contributed by atoms with Gasteiger partial charge in [0.2, 0.25) is 0 Å².